The zero-order valence-electron chi connectivity index (χ0n) is 13.8. The number of furan rings is 1. The molecule has 0 radical (unpaired) electrons. The third-order valence-electron chi connectivity index (χ3n) is 3.96. The van der Waals surface area contributed by atoms with E-state index in [-0.39, 0.29) is 11.8 Å². The molecule has 7 heteroatoms. The van der Waals surface area contributed by atoms with Gasteiger partial charge in [0.25, 0.3) is 5.91 Å². The van der Waals surface area contributed by atoms with Crippen LogP contribution in [-0.2, 0) is 4.74 Å². The van der Waals surface area contributed by atoms with Gasteiger partial charge in [-0.15, -0.1) is 10.2 Å². The van der Waals surface area contributed by atoms with Gasteiger partial charge >= 0.3 is 0 Å². The summed E-state index contributed by atoms with van der Waals surface area (Å²) in [5.74, 6) is 2.12. The molecule has 3 heterocycles. The fraction of sp³-hybridized carbons (Fsp3) is 0.562. The number of carbonyl (C=O) groups is 1. The molecule has 1 aliphatic heterocycles. The first-order valence-corrected chi connectivity index (χ1v) is 7.77. The zero-order chi connectivity index (χ0) is 16.6. The molecule has 0 saturated carbocycles. The maximum absolute atomic E-state index is 12.6. The highest BCUT2D eigenvalue weighted by molar-refractivity contribution is 5.91. The molecule has 0 N–H and O–H groups in total. The molecule has 7 nitrogen and oxygen atoms in total. The summed E-state index contributed by atoms with van der Waals surface area (Å²) < 4.78 is 16.8. The monoisotopic (exact) mass is 319 g/mol. The van der Waals surface area contributed by atoms with Crippen LogP contribution in [0, 0.1) is 13.8 Å². The Balaban J connectivity index is 1.73. The highest BCUT2D eigenvalue weighted by Crippen LogP contribution is 2.25. The Hall–Kier alpha value is -2.15. The van der Waals surface area contributed by atoms with Crippen molar-refractivity contribution in [3.8, 4) is 0 Å². The maximum Gasteiger partial charge on any atom is 0.289 e. The van der Waals surface area contributed by atoms with Gasteiger partial charge in [-0.25, -0.2) is 0 Å². The molecule has 0 unspecified atom stereocenters. The minimum absolute atomic E-state index is 0.141. The first-order chi connectivity index (χ1) is 11.0. The van der Waals surface area contributed by atoms with E-state index in [0.29, 0.717) is 37.2 Å². The summed E-state index contributed by atoms with van der Waals surface area (Å²) in [5, 5.41) is 8.06. The highest BCUT2D eigenvalue weighted by atomic mass is 16.5. The van der Waals surface area contributed by atoms with E-state index in [2.05, 4.69) is 10.2 Å². The number of amides is 1. The minimum atomic E-state index is -0.398. The second-order valence-electron chi connectivity index (χ2n) is 6.09. The number of hydrogen-bond acceptors (Lipinski definition) is 6. The first-order valence-electron chi connectivity index (χ1n) is 7.77. The largest absolute Gasteiger partial charge is 0.456 e. The Morgan fingerprint density at radius 2 is 2.09 bits per heavy atom. The molecule has 1 fully saturated rings. The smallest absolute Gasteiger partial charge is 0.289 e. The number of aromatic nitrogens is 2. The molecule has 1 aliphatic rings. The average Bonchev–Trinajstić information content (AvgIpc) is 3.15. The topological polar surface area (TPSA) is 81.6 Å². The number of ether oxygens (including phenoxy) is 1. The third-order valence-corrected chi connectivity index (χ3v) is 3.96. The Bertz CT molecular complexity index is 684. The molecule has 3 rings (SSSR count). The number of hydrogen-bond donors (Lipinski definition) is 0. The van der Waals surface area contributed by atoms with Gasteiger partial charge in [0, 0.05) is 12.5 Å². The lowest BCUT2D eigenvalue weighted by atomic mass is 10.2. The van der Waals surface area contributed by atoms with E-state index in [1.54, 1.807) is 11.0 Å². The predicted octanol–water partition coefficient (Wildman–Crippen LogP) is 2.62. The fourth-order valence-electron chi connectivity index (χ4n) is 2.43. The Morgan fingerprint density at radius 1 is 1.30 bits per heavy atom. The van der Waals surface area contributed by atoms with Gasteiger partial charge in [0.15, 0.2) is 11.9 Å². The van der Waals surface area contributed by atoms with Crippen molar-refractivity contribution in [2.75, 3.05) is 19.7 Å². The van der Waals surface area contributed by atoms with Gasteiger partial charge in [0.2, 0.25) is 11.8 Å². The van der Waals surface area contributed by atoms with Crippen LogP contribution in [0.2, 0.25) is 0 Å². The zero-order valence-corrected chi connectivity index (χ0v) is 13.8. The van der Waals surface area contributed by atoms with Crippen LogP contribution in [0.3, 0.4) is 0 Å². The predicted molar refractivity (Wildman–Crippen MR) is 81.2 cm³/mol. The van der Waals surface area contributed by atoms with Crippen molar-refractivity contribution in [2.24, 2.45) is 0 Å². The van der Waals surface area contributed by atoms with Gasteiger partial charge in [-0.3, -0.25) is 4.79 Å². The summed E-state index contributed by atoms with van der Waals surface area (Å²) in [6.45, 7) is 9.04. The number of nitrogens with zero attached hydrogens (tertiary/aromatic N) is 3. The van der Waals surface area contributed by atoms with Crippen molar-refractivity contribution in [3.05, 3.63) is 34.9 Å². The van der Waals surface area contributed by atoms with Crippen molar-refractivity contribution >= 4 is 5.91 Å². The van der Waals surface area contributed by atoms with Crippen molar-refractivity contribution in [2.45, 2.75) is 39.7 Å². The molecule has 1 atom stereocenters. The van der Waals surface area contributed by atoms with E-state index >= 15 is 0 Å². The van der Waals surface area contributed by atoms with Crippen molar-refractivity contribution in [1.29, 1.82) is 0 Å². The van der Waals surface area contributed by atoms with Crippen LogP contribution in [0.4, 0.5) is 0 Å². The van der Waals surface area contributed by atoms with Crippen LogP contribution in [0.15, 0.2) is 14.9 Å². The normalized spacial score (nSPS) is 18.7. The second-order valence-corrected chi connectivity index (χ2v) is 6.09. The van der Waals surface area contributed by atoms with Crippen molar-refractivity contribution < 1.29 is 18.4 Å². The summed E-state index contributed by atoms with van der Waals surface area (Å²) in [7, 11) is 0. The van der Waals surface area contributed by atoms with Gasteiger partial charge in [-0.1, -0.05) is 13.8 Å². The first kappa shape index (κ1) is 15.7. The Labute approximate surface area is 134 Å². The lowest BCUT2D eigenvalue weighted by Crippen LogP contribution is -2.42. The Morgan fingerprint density at radius 3 is 2.70 bits per heavy atom. The van der Waals surface area contributed by atoms with E-state index in [9.17, 15) is 4.79 Å². The molecule has 2 aromatic heterocycles. The van der Waals surface area contributed by atoms with Crippen molar-refractivity contribution in [3.63, 3.8) is 0 Å². The molecular formula is C16H21N3O4. The quantitative estimate of drug-likeness (QED) is 0.865. The SMILES string of the molecule is Cc1cc(C(=O)N2CCO[C@H](c3nnc(C(C)C)o3)C2)oc1C. The van der Waals surface area contributed by atoms with E-state index in [1.165, 1.54) is 0 Å². The van der Waals surface area contributed by atoms with Crippen molar-refractivity contribution in [1.82, 2.24) is 15.1 Å². The number of carbonyl (C=O) groups excluding carboxylic acids is 1. The number of morpholine rings is 1. The standard InChI is InChI=1S/C16H21N3O4/c1-9(2)14-17-18-15(23-14)13-8-19(5-6-21-13)16(20)12-7-10(3)11(4)22-12/h7,9,13H,5-6,8H2,1-4H3/t13-/m0/s1. The van der Waals surface area contributed by atoms with Crippen LogP contribution in [0.25, 0.3) is 0 Å². The summed E-state index contributed by atoms with van der Waals surface area (Å²) in [6, 6.07) is 1.77. The lowest BCUT2D eigenvalue weighted by molar-refractivity contribution is -0.0359. The van der Waals surface area contributed by atoms with Crippen LogP contribution in [0.1, 0.15) is 59.5 Å². The van der Waals surface area contributed by atoms with Gasteiger partial charge in [0.05, 0.1) is 13.2 Å². The second kappa shape index (κ2) is 6.16. The maximum atomic E-state index is 12.6. The molecule has 1 saturated heterocycles. The minimum Gasteiger partial charge on any atom is -0.456 e. The molecule has 0 aliphatic carbocycles. The number of rotatable bonds is 3. The lowest BCUT2D eigenvalue weighted by Gasteiger charge is -2.30. The average molecular weight is 319 g/mol. The summed E-state index contributed by atoms with van der Waals surface area (Å²) in [4.78, 5) is 14.3. The summed E-state index contributed by atoms with van der Waals surface area (Å²) in [6.07, 6.45) is -0.398. The van der Waals surface area contributed by atoms with Crippen LogP contribution >= 0.6 is 0 Å². The molecule has 0 bridgehead atoms. The molecule has 0 spiro atoms. The van der Waals surface area contributed by atoms with Gasteiger partial charge in [-0.2, -0.15) is 0 Å². The van der Waals surface area contributed by atoms with Crippen LogP contribution in [0.5, 0.6) is 0 Å². The van der Waals surface area contributed by atoms with E-state index < -0.39 is 6.10 Å². The molecular weight excluding hydrogens is 298 g/mol. The molecule has 0 aromatic carbocycles. The highest BCUT2D eigenvalue weighted by Gasteiger charge is 2.31. The Kier molecular flexibility index (Phi) is 4.21. The number of aryl methyl sites for hydroxylation is 2. The van der Waals surface area contributed by atoms with Gasteiger partial charge < -0.3 is 18.5 Å². The summed E-state index contributed by atoms with van der Waals surface area (Å²) >= 11 is 0. The van der Waals surface area contributed by atoms with E-state index in [0.717, 1.165) is 11.3 Å². The third kappa shape index (κ3) is 3.14. The summed E-state index contributed by atoms with van der Waals surface area (Å²) in [5.41, 5.74) is 0.969. The molecule has 124 valence electrons. The van der Waals surface area contributed by atoms with Crippen LogP contribution in [-0.4, -0.2) is 40.7 Å². The van der Waals surface area contributed by atoms with Crippen LogP contribution < -0.4 is 0 Å². The van der Waals surface area contributed by atoms with Gasteiger partial charge in [0.1, 0.15) is 5.76 Å². The molecule has 23 heavy (non-hydrogen) atoms. The van der Waals surface area contributed by atoms with E-state index in [1.807, 2.05) is 27.7 Å². The van der Waals surface area contributed by atoms with Gasteiger partial charge in [-0.05, 0) is 25.5 Å². The fourth-order valence-corrected chi connectivity index (χ4v) is 2.43. The molecule has 2 aromatic rings. The van der Waals surface area contributed by atoms with E-state index in [4.69, 9.17) is 13.6 Å². The molecule has 1 amide bonds.